The van der Waals surface area contributed by atoms with Crippen molar-refractivity contribution in [1.29, 1.82) is 0 Å². The van der Waals surface area contributed by atoms with Gasteiger partial charge in [0.15, 0.2) is 5.96 Å². The summed E-state index contributed by atoms with van der Waals surface area (Å²) in [6.45, 7) is 0.553. The van der Waals surface area contributed by atoms with Gasteiger partial charge in [-0.25, -0.2) is 0 Å². The van der Waals surface area contributed by atoms with Crippen LogP contribution in [0.4, 0.5) is 0 Å². The van der Waals surface area contributed by atoms with Gasteiger partial charge in [0.2, 0.25) is 35.4 Å². The number of nitrogens with two attached hydrogens (primary N) is 2. The number of carbonyl (C=O) groups excluding carboxylic acids is 6. The fraction of sp³-hybridized carbons (Fsp3) is 0.408. The van der Waals surface area contributed by atoms with Gasteiger partial charge in [-0.15, -0.1) is 0 Å². The normalized spacial score (nSPS) is 23.9. The Morgan fingerprint density at radius 1 is 0.652 bits per heavy atom. The molecule has 9 rings (SSSR count). The number of fused-ring (bicyclic) bond motifs is 5. The van der Waals surface area contributed by atoms with Gasteiger partial charge in [0, 0.05) is 73.1 Å². The molecule has 3 aliphatic heterocycles. The molecule has 0 unspecified atom stereocenters. The van der Waals surface area contributed by atoms with Gasteiger partial charge in [0.1, 0.15) is 35.7 Å². The maximum Gasteiger partial charge on any atom is 0.246 e. The zero-order valence-electron chi connectivity index (χ0n) is 36.8. The van der Waals surface area contributed by atoms with Crippen molar-refractivity contribution in [1.82, 2.24) is 41.0 Å². The summed E-state index contributed by atoms with van der Waals surface area (Å²) >= 11 is 0. The molecule has 3 fully saturated rings. The second kappa shape index (κ2) is 18.7. The van der Waals surface area contributed by atoms with Gasteiger partial charge in [-0.2, -0.15) is 0 Å². The number of rotatable bonds is 8. The molecule has 0 bridgehead atoms. The largest absolute Gasteiger partial charge is 0.370 e. The Bertz CT molecular complexity index is 2700. The van der Waals surface area contributed by atoms with Gasteiger partial charge in [-0.1, -0.05) is 73.5 Å². The summed E-state index contributed by atoms with van der Waals surface area (Å²) in [6, 6.07) is 17.5. The maximum absolute atomic E-state index is 15.0. The third kappa shape index (κ3) is 8.93. The third-order valence-electron chi connectivity index (χ3n) is 13.9. The Morgan fingerprint density at radius 3 is 1.92 bits per heavy atom. The van der Waals surface area contributed by atoms with Crippen molar-refractivity contribution in [3.05, 3.63) is 107 Å². The Balaban J connectivity index is 1.12. The quantitative estimate of drug-likeness (QED) is 0.0651. The number of para-hydroxylation sites is 2. The number of aromatic nitrogens is 2. The number of hydrogen-bond acceptors (Lipinski definition) is 7. The van der Waals surface area contributed by atoms with E-state index < -0.39 is 71.2 Å². The minimum Gasteiger partial charge on any atom is -0.370 e. The molecule has 4 aliphatic rings. The Hall–Kier alpha value is -7.17. The average molecular weight is 896 g/mol. The van der Waals surface area contributed by atoms with Crippen LogP contribution in [0.3, 0.4) is 0 Å². The highest BCUT2D eigenvalue weighted by atomic mass is 16.2. The molecule has 17 heteroatoms. The molecule has 17 nitrogen and oxygen atoms in total. The Labute approximate surface area is 381 Å². The highest BCUT2D eigenvalue weighted by Gasteiger charge is 2.48. The highest BCUT2D eigenvalue weighted by Crippen LogP contribution is 2.33. The van der Waals surface area contributed by atoms with Crippen LogP contribution in [-0.2, 0) is 54.6 Å². The first-order valence-corrected chi connectivity index (χ1v) is 23.0. The van der Waals surface area contributed by atoms with Gasteiger partial charge < -0.3 is 52.5 Å². The van der Waals surface area contributed by atoms with Gasteiger partial charge in [-0.05, 0) is 72.9 Å². The van der Waals surface area contributed by atoms with Crippen LogP contribution in [0.15, 0.2) is 90.2 Å². The van der Waals surface area contributed by atoms with Crippen LogP contribution in [0.1, 0.15) is 73.6 Å². The first-order valence-electron chi connectivity index (χ1n) is 23.0. The van der Waals surface area contributed by atoms with E-state index in [4.69, 9.17) is 11.5 Å². The summed E-state index contributed by atoms with van der Waals surface area (Å²) in [6.07, 6.45) is 7.11. The van der Waals surface area contributed by atoms with Gasteiger partial charge in [0.05, 0.1) is 0 Å². The Morgan fingerprint density at radius 2 is 1.26 bits per heavy atom. The molecule has 2 aromatic heterocycles. The first-order chi connectivity index (χ1) is 32.0. The van der Waals surface area contributed by atoms with Gasteiger partial charge >= 0.3 is 0 Å². The molecule has 66 heavy (non-hydrogen) atoms. The van der Waals surface area contributed by atoms with E-state index in [2.05, 4.69) is 36.2 Å². The van der Waals surface area contributed by atoms with E-state index in [9.17, 15) is 24.0 Å². The van der Waals surface area contributed by atoms with E-state index in [-0.39, 0.29) is 51.3 Å². The molecule has 344 valence electrons. The second-order valence-corrected chi connectivity index (χ2v) is 18.1. The van der Waals surface area contributed by atoms with Crippen molar-refractivity contribution in [2.24, 2.45) is 16.5 Å². The van der Waals surface area contributed by atoms with Crippen molar-refractivity contribution in [2.45, 2.75) is 113 Å². The lowest BCUT2D eigenvalue weighted by Gasteiger charge is -2.40. The number of benzene rings is 3. The molecule has 5 aromatic rings. The van der Waals surface area contributed by atoms with E-state index in [1.807, 2.05) is 79.0 Å². The summed E-state index contributed by atoms with van der Waals surface area (Å²) in [5.74, 6) is -3.19. The van der Waals surface area contributed by atoms with Gasteiger partial charge in [0.25, 0.3) is 0 Å². The molecule has 3 aromatic carbocycles. The van der Waals surface area contributed by atoms with E-state index in [1.165, 1.54) is 9.80 Å². The van der Waals surface area contributed by atoms with Gasteiger partial charge in [-0.3, -0.25) is 33.8 Å². The van der Waals surface area contributed by atoms with Crippen LogP contribution < -0.4 is 32.7 Å². The molecular weight excluding hydrogens is 839 g/mol. The van der Waals surface area contributed by atoms with Crippen molar-refractivity contribution in [3.8, 4) is 0 Å². The number of H-pyrrole nitrogens is 2. The minimum absolute atomic E-state index is 0.0580. The summed E-state index contributed by atoms with van der Waals surface area (Å²) in [5, 5.41) is 13.9. The topological polar surface area (TPSA) is 253 Å². The van der Waals surface area contributed by atoms with Crippen LogP contribution in [0.2, 0.25) is 0 Å². The predicted molar refractivity (Wildman–Crippen MR) is 248 cm³/mol. The SMILES string of the molecule is NC(N)=NCCC[C@@H]1NC(=O)[C@H](Cc2c[nH]c3ccccc23)NC(=O)C2(CCCC2)NC(=O)[C@H](Cc2c[nH]c3ccccc23)NC(=O)[C@H]2Cc3ccccc3CN2C(=O)[C@H]2CCCN2C1=O. The van der Waals surface area contributed by atoms with E-state index in [0.29, 0.717) is 44.9 Å². The number of guanidine groups is 1. The molecule has 1 spiro atoms. The third-order valence-corrected chi connectivity index (χ3v) is 13.9. The lowest BCUT2D eigenvalue weighted by atomic mass is 9.91. The van der Waals surface area contributed by atoms with Crippen molar-refractivity contribution >= 4 is 63.2 Å². The zero-order valence-corrected chi connectivity index (χ0v) is 36.8. The Kier molecular flexibility index (Phi) is 12.5. The summed E-state index contributed by atoms with van der Waals surface area (Å²) in [5.41, 5.74) is 14.8. The lowest BCUT2D eigenvalue weighted by Crippen LogP contribution is -2.65. The van der Waals surface area contributed by atoms with Crippen LogP contribution >= 0.6 is 0 Å². The maximum atomic E-state index is 15.0. The summed E-state index contributed by atoms with van der Waals surface area (Å²) in [7, 11) is 0. The number of aromatic amines is 2. The van der Waals surface area contributed by atoms with E-state index in [0.717, 1.165) is 44.1 Å². The summed E-state index contributed by atoms with van der Waals surface area (Å²) in [4.78, 5) is 103. The summed E-state index contributed by atoms with van der Waals surface area (Å²) < 4.78 is 0. The second-order valence-electron chi connectivity index (χ2n) is 18.1. The number of nitrogens with zero attached hydrogens (tertiary/aromatic N) is 3. The van der Waals surface area contributed by atoms with E-state index >= 15 is 4.79 Å². The van der Waals surface area contributed by atoms with Crippen LogP contribution in [0.25, 0.3) is 21.8 Å². The van der Waals surface area contributed by atoms with Crippen LogP contribution in [0.5, 0.6) is 0 Å². The highest BCUT2D eigenvalue weighted by molar-refractivity contribution is 6.00. The predicted octanol–water partition coefficient (Wildman–Crippen LogP) is 2.33. The van der Waals surface area contributed by atoms with Crippen LogP contribution in [0, 0.1) is 0 Å². The average Bonchev–Trinajstić information content (AvgIpc) is 4.16. The molecule has 10 N–H and O–H groups in total. The fourth-order valence-electron chi connectivity index (χ4n) is 10.4. The monoisotopic (exact) mass is 895 g/mol. The smallest absolute Gasteiger partial charge is 0.246 e. The molecule has 0 radical (unpaired) electrons. The lowest BCUT2D eigenvalue weighted by molar-refractivity contribution is -0.150. The van der Waals surface area contributed by atoms with Crippen LogP contribution in [-0.4, -0.2) is 110 Å². The molecule has 2 saturated heterocycles. The number of amides is 6. The number of carbonyl (C=O) groups is 6. The number of aliphatic imine (C=N–C) groups is 1. The molecule has 1 aliphatic carbocycles. The molecule has 1 saturated carbocycles. The molecule has 5 atom stereocenters. The standard InChI is InChI=1S/C49H57N11O6/c50-48(51)52-21-9-17-37-45(64)59-22-10-18-40(59)46(65)60-28-30-12-2-1-11-29(30)25-41(60)44(63)56-39(24-32-27-54-36-16-6-4-14-34(32)36)43(62)58-49(19-7-8-20-49)47(66)57-38(42(61)55-37)23-31-26-53-35-15-5-3-13-33(31)35/h1-6,11-16,26-27,37-41,53-54H,7-10,17-25,28H2,(H,55,61)(H,56,63)(H,57,66)(H,58,62)(H4,50,51,52)/t37-,38-,39-,40+,41+/m0/s1. The van der Waals surface area contributed by atoms with Crippen molar-refractivity contribution in [2.75, 3.05) is 13.1 Å². The first kappa shape index (κ1) is 44.1. The van der Waals surface area contributed by atoms with E-state index in [1.54, 1.807) is 6.20 Å². The molecule has 5 heterocycles. The fourth-order valence-corrected chi connectivity index (χ4v) is 10.4. The van der Waals surface area contributed by atoms with Crippen molar-refractivity contribution < 1.29 is 28.8 Å². The minimum atomic E-state index is -1.42. The number of nitrogens with one attached hydrogen (secondary N) is 6. The zero-order chi connectivity index (χ0) is 46.0. The molecular formula is C49H57N11O6. The molecule has 6 amide bonds. The van der Waals surface area contributed by atoms with Crippen molar-refractivity contribution in [3.63, 3.8) is 0 Å². The number of hydrogen-bond donors (Lipinski definition) is 8.